The summed E-state index contributed by atoms with van der Waals surface area (Å²) in [5.41, 5.74) is 1.13. The Balaban J connectivity index is 1.67. The topological polar surface area (TPSA) is 60.2 Å². The molecule has 112 valence electrons. The Morgan fingerprint density at radius 3 is 2.86 bits per heavy atom. The van der Waals surface area contributed by atoms with E-state index in [0.29, 0.717) is 17.8 Å². The van der Waals surface area contributed by atoms with Crippen molar-refractivity contribution in [3.05, 3.63) is 40.0 Å². The number of hydrogen-bond donors (Lipinski definition) is 1. The fraction of sp³-hybridized carbons (Fsp3) is 0.467. The monoisotopic (exact) mass is 351 g/mol. The molecule has 1 aliphatic carbocycles. The zero-order valence-electron chi connectivity index (χ0n) is 11.9. The molecule has 1 aliphatic rings. The minimum absolute atomic E-state index is 0.284. The second kappa shape index (κ2) is 6.58. The van der Waals surface area contributed by atoms with Gasteiger partial charge in [0.15, 0.2) is 6.61 Å². The van der Waals surface area contributed by atoms with Crippen molar-refractivity contribution in [2.45, 2.75) is 45.4 Å². The van der Waals surface area contributed by atoms with Crippen LogP contribution >= 0.6 is 15.9 Å². The standard InChI is InChI=1S/C15H18BrN3O2/c1-2-13-18-19-14(21-13)9-20-15-10(4-3-5-12(15)16)8-17-11-6-7-11/h3-5,11,17H,2,6-9H2,1H3. The molecule has 0 unspecified atom stereocenters. The van der Waals surface area contributed by atoms with Gasteiger partial charge in [-0.3, -0.25) is 0 Å². The summed E-state index contributed by atoms with van der Waals surface area (Å²) >= 11 is 3.54. The maximum atomic E-state index is 5.88. The van der Waals surface area contributed by atoms with Gasteiger partial charge in [-0.15, -0.1) is 10.2 Å². The van der Waals surface area contributed by atoms with Crippen LogP contribution in [0.1, 0.15) is 37.1 Å². The third-order valence-electron chi connectivity index (χ3n) is 3.36. The maximum Gasteiger partial charge on any atom is 0.253 e. The fourth-order valence-electron chi connectivity index (χ4n) is 2.02. The number of nitrogens with one attached hydrogen (secondary N) is 1. The number of nitrogens with zero attached hydrogens (tertiary/aromatic N) is 2. The molecule has 0 amide bonds. The molecule has 1 N–H and O–H groups in total. The number of para-hydroxylation sites is 1. The van der Waals surface area contributed by atoms with Gasteiger partial charge < -0.3 is 14.5 Å². The van der Waals surface area contributed by atoms with Crippen molar-refractivity contribution in [2.24, 2.45) is 0 Å². The largest absolute Gasteiger partial charge is 0.482 e. The van der Waals surface area contributed by atoms with Crippen molar-refractivity contribution in [1.29, 1.82) is 0 Å². The lowest BCUT2D eigenvalue weighted by molar-refractivity contribution is 0.255. The number of benzene rings is 1. The molecule has 0 radical (unpaired) electrons. The summed E-state index contributed by atoms with van der Waals surface area (Å²) in [6, 6.07) is 6.73. The van der Waals surface area contributed by atoms with Gasteiger partial charge >= 0.3 is 0 Å². The minimum atomic E-state index is 0.284. The molecule has 1 saturated carbocycles. The van der Waals surface area contributed by atoms with Crippen molar-refractivity contribution >= 4 is 15.9 Å². The van der Waals surface area contributed by atoms with Crippen molar-refractivity contribution in [2.75, 3.05) is 0 Å². The Kier molecular flexibility index (Phi) is 4.55. The number of ether oxygens (including phenoxy) is 1. The van der Waals surface area contributed by atoms with E-state index in [4.69, 9.17) is 9.15 Å². The Hall–Kier alpha value is -1.40. The van der Waals surface area contributed by atoms with Gasteiger partial charge in [0.25, 0.3) is 5.89 Å². The molecule has 0 aliphatic heterocycles. The lowest BCUT2D eigenvalue weighted by Crippen LogP contribution is -2.16. The summed E-state index contributed by atoms with van der Waals surface area (Å²) in [4.78, 5) is 0. The zero-order valence-corrected chi connectivity index (χ0v) is 13.5. The van der Waals surface area contributed by atoms with Gasteiger partial charge in [-0.05, 0) is 34.8 Å². The lowest BCUT2D eigenvalue weighted by atomic mass is 10.2. The summed E-state index contributed by atoms with van der Waals surface area (Å²) in [5, 5.41) is 11.4. The van der Waals surface area contributed by atoms with Crippen LogP contribution in [0.4, 0.5) is 0 Å². The Morgan fingerprint density at radius 2 is 2.14 bits per heavy atom. The van der Waals surface area contributed by atoms with Crippen molar-refractivity contribution in [3.63, 3.8) is 0 Å². The second-order valence-electron chi connectivity index (χ2n) is 5.12. The Morgan fingerprint density at radius 1 is 1.33 bits per heavy atom. The molecule has 5 nitrogen and oxygen atoms in total. The molecule has 1 heterocycles. The molecule has 6 heteroatoms. The van der Waals surface area contributed by atoms with Gasteiger partial charge in [0.1, 0.15) is 5.75 Å². The smallest absolute Gasteiger partial charge is 0.253 e. The summed E-state index contributed by atoms with van der Waals surface area (Å²) in [6.07, 6.45) is 3.27. The predicted molar refractivity (Wildman–Crippen MR) is 82.0 cm³/mol. The first-order chi connectivity index (χ1) is 10.3. The van der Waals surface area contributed by atoms with Crippen LogP contribution in [0.2, 0.25) is 0 Å². The highest BCUT2D eigenvalue weighted by molar-refractivity contribution is 9.10. The van der Waals surface area contributed by atoms with E-state index in [1.54, 1.807) is 0 Å². The molecule has 0 atom stereocenters. The van der Waals surface area contributed by atoms with Crippen LogP contribution in [0.15, 0.2) is 27.1 Å². The van der Waals surface area contributed by atoms with Crippen LogP contribution in [0.25, 0.3) is 0 Å². The molecule has 0 spiro atoms. The van der Waals surface area contributed by atoms with Crippen LogP contribution in [0.5, 0.6) is 5.75 Å². The van der Waals surface area contributed by atoms with Crippen LogP contribution in [0, 0.1) is 0 Å². The number of rotatable bonds is 7. The highest BCUT2D eigenvalue weighted by Gasteiger charge is 2.21. The fourth-order valence-corrected chi connectivity index (χ4v) is 2.54. The quantitative estimate of drug-likeness (QED) is 0.829. The van der Waals surface area contributed by atoms with E-state index >= 15 is 0 Å². The van der Waals surface area contributed by atoms with Crippen molar-refractivity contribution in [1.82, 2.24) is 15.5 Å². The molecule has 3 rings (SSSR count). The third-order valence-corrected chi connectivity index (χ3v) is 3.98. The maximum absolute atomic E-state index is 5.88. The van der Waals surface area contributed by atoms with Gasteiger partial charge in [-0.25, -0.2) is 0 Å². The van der Waals surface area contributed by atoms with Gasteiger partial charge in [0.2, 0.25) is 5.89 Å². The van der Waals surface area contributed by atoms with E-state index in [9.17, 15) is 0 Å². The van der Waals surface area contributed by atoms with E-state index in [1.165, 1.54) is 12.8 Å². The SMILES string of the molecule is CCc1nnc(COc2c(Br)cccc2CNC2CC2)o1. The molecule has 0 bridgehead atoms. The Bertz CT molecular complexity index is 611. The van der Waals surface area contributed by atoms with Gasteiger partial charge in [0.05, 0.1) is 4.47 Å². The normalized spacial score (nSPS) is 14.4. The van der Waals surface area contributed by atoms with Crippen LogP contribution in [-0.2, 0) is 19.6 Å². The van der Waals surface area contributed by atoms with Crippen LogP contribution < -0.4 is 10.1 Å². The molecule has 1 fully saturated rings. The highest BCUT2D eigenvalue weighted by atomic mass is 79.9. The van der Waals surface area contributed by atoms with Crippen molar-refractivity contribution < 1.29 is 9.15 Å². The zero-order chi connectivity index (χ0) is 14.7. The molecular formula is C15H18BrN3O2. The van der Waals surface area contributed by atoms with E-state index in [0.717, 1.165) is 28.8 Å². The number of aromatic nitrogens is 2. The summed E-state index contributed by atoms with van der Waals surface area (Å²) in [7, 11) is 0. The first-order valence-corrected chi connectivity index (χ1v) is 8.00. The average Bonchev–Trinajstić information content (AvgIpc) is 3.21. The van der Waals surface area contributed by atoms with Gasteiger partial charge in [-0.1, -0.05) is 19.1 Å². The van der Waals surface area contributed by atoms with Gasteiger partial charge in [0, 0.05) is 24.6 Å². The predicted octanol–water partition coefficient (Wildman–Crippen LogP) is 3.23. The van der Waals surface area contributed by atoms with E-state index in [2.05, 4.69) is 37.5 Å². The van der Waals surface area contributed by atoms with Crippen LogP contribution in [-0.4, -0.2) is 16.2 Å². The molecule has 2 aromatic rings. The Labute approximate surface area is 132 Å². The first-order valence-electron chi connectivity index (χ1n) is 7.21. The molecule has 21 heavy (non-hydrogen) atoms. The minimum Gasteiger partial charge on any atom is -0.482 e. The number of hydrogen-bond acceptors (Lipinski definition) is 5. The van der Waals surface area contributed by atoms with E-state index < -0.39 is 0 Å². The number of aryl methyl sites for hydroxylation is 1. The first kappa shape index (κ1) is 14.5. The molecular weight excluding hydrogens is 334 g/mol. The third kappa shape index (κ3) is 3.83. The second-order valence-corrected chi connectivity index (χ2v) is 5.97. The molecule has 1 aromatic heterocycles. The van der Waals surface area contributed by atoms with Crippen LogP contribution in [0.3, 0.4) is 0 Å². The molecule has 0 saturated heterocycles. The summed E-state index contributed by atoms with van der Waals surface area (Å²) < 4.78 is 12.3. The van der Waals surface area contributed by atoms with E-state index in [-0.39, 0.29) is 6.61 Å². The average molecular weight is 352 g/mol. The summed E-state index contributed by atoms with van der Waals surface area (Å²) in [6.45, 7) is 3.07. The highest BCUT2D eigenvalue weighted by Crippen LogP contribution is 2.30. The van der Waals surface area contributed by atoms with Crippen molar-refractivity contribution in [3.8, 4) is 5.75 Å². The summed E-state index contributed by atoms with van der Waals surface area (Å²) in [5.74, 6) is 1.97. The lowest BCUT2D eigenvalue weighted by Gasteiger charge is -2.12. The molecule has 1 aromatic carbocycles. The number of halogens is 1. The van der Waals surface area contributed by atoms with E-state index in [1.807, 2.05) is 19.1 Å². The van der Waals surface area contributed by atoms with Gasteiger partial charge in [-0.2, -0.15) is 0 Å².